The molecule has 278 valence electrons. The molecular weight excluding hydrogens is 729 g/mol. The van der Waals surface area contributed by atoms with Gasteiger partial charge in [0.15, 0.2) is 0 Å². The summed E-state index contributed by atoms with van der Waals surface area (Å²) < 4.78 is 4.82. The molecule has 0 aliphatic rings. The zero-order valence-corrected chi connectivity index (χ0v) is 32.4. The molecule has 4 nitrogen and oxygen atoms in total. The van der Waals surface area contributed by atoms with Crippen LogP contribution in [0.5, 0.6) is 0 Å². The first kappa shape index (κ1) is 32.9. The largest absolute Gasteiger partial charge is 0.307 e. The second kappa shape index (κ2) is 12.7. The molecule has 60 heavy (non-hydrogen) atoms. The molecule has 0 aliphatic carbocycles. The fraction of sp³-hybridized carbons (Fsp3) is 0. The van der Waals surface area contributed by atoms with Crippen molar-refractivity contribution in [3.05, 3.63) is 206 Å². The van der Waals surface area contributed by atoms with Crippen LogP contribution in [0.15, 0.2) is 206 Å². The van der Waals surface area contributed by atoms with Gasteiger partial charge in [0.05, 0.1) is 33.3 Å². The van der Waals surface area contributed by atoms with Crippen molar-refractivity contribution in [2.24, 2.45) is 0 Å². The molecule has 0 bridgehead atoms. The van der Waals surface area contributed by atoms with Crippen molar-refractivity contribution in [3.8, 4) is 34.0 Å². The van der Waals surface area contributed by atoms with Gasteiger partial charge in [-0.15, -0.1) is 0 Å². The van der Waals surface area contributed by atoms with Crippen LogP contribution < -0.4 is 0 Å². The van der Waals surface area contributed by atoms with E-state index in [1.54, 1.807) is 0 Å². The van der Waals surface area contributed by atoms with E-state index in [-0.39, 0.29) is 0 Å². The molecule has 0 amide bonds. The zero-order valence-electron chi connectivity index (χ0n) is 32.4. The number of hydrogen-bond donors (Lipinski definition) is 0. The minimum atomic E-state index is 0.637. The summed E-state index contributed by atoms with van der Waals surface area (Å²) in [4.78, 5) is 11.1. The Morgan fingerprint density at radius 3 is 1.33 bits per heavy atom. The lowest BCUT2D eigenvalue weighted by molar-refractivity contribution is 1.01. The number of rotatable bonds is 4. The molecule has 10 aromatic carbocycles. The average Bonchev–Trinajstić information content (AvgIpc) is 3.85. The number of benzene rings is 10. The highest BCUT2D eigenvalue weighted by atomic mass is 15.2. The highest BCUT2D eigenvalue weighted by Gasteiger charge is 2.28. The summed E-state index contributed by atoms with van der Waals surface area (Å²) in [7, 11) is 0. The highest BCUT2D eigenvalue weighted by molar-refractivity contribution is 6.45. The van der Waals surface area contributed by atoms with Crippen molar-refractivity contribution in [1.82, 2.24) is 19.1 Å². The Hall–Kier alpha value is -8.08. The topological polar surface area (TPSA) is 35.6 Å². The lowest BCUT2D eigenvalue weighted by Crippen LogP contribution is -2.05. The van der Waals surface area contributed by atoms with Gasteiger partial charge in [0.2, 0.25) is 5.95 Å². The van der Waals surface area contributed by atoms with Crippen LogP contribution in [0.3, 0.4) is 0 Å². The number of fused-ring (bicyclic) bond motifs is 16. The quantitative estimate of drug-likeness (QED) is 0.167. The van der Waals surface area contributed by atoms with E-state index in [4.69, 9.17) is 9.97 Å². The lowest BCUT2D eigenvalue weighted by Gasteiger charge is -2.17. The van der Waals surface area contributed by atoms with E-state index in [1.807, 2.05) is 0 Å². The Labute approximate surface area is 344 Å². The molecule has 13 aromatic rings. The van der Waals surface area contributed by atoms with Crippen molar-refractivity contribution in [1.29, 1.82) is 0 Å². The van der Waals surface area contributed by atoms with Gasteiger partial charge in [0.25, 0.3) is 0 Å². The van der Waals surface area contributed by atoms with E-state index in [9.17, 15) is 0 Å². The molecule has 3 aromatic heterocycles. The Bertz CT molecular complexity index is 3860. The Morgan fingerprint density at radius 1 is 0.283 bits per heavy atom. The van der Waals surface area contributed by atoms with E-state index in [1.165, 1.54) is 59.6 Å². The van der Waals surface area contributed by atoms with Gasteiger partial charge in [0.1, 0.15) is 0 Å². The van der Waals surface area contributed by atoms with Crippen molar-refractivity contribution < 1.29 is 0 Å². The number of para-hydroxylation sites is 4. The number of aromatic nitrogens is 4. The van der Waals surface area contributed by atoms with Gasteiger partial charge in [-0.3, -0.25) is 4.57 Å². The molecule has 0 N–H and O–H groups in total. The first-order chi connectivity index (χ1) is 29.8. The van der Waals surface area contributed by atoms with Crippen LogP contribution in [0.2, 0.25) is 0 Å². The van der Waals surface area contributed by atoms with Crippen LogP contribution in [0, 0.1) is 0 Å². The maximum absolute atomic E-state index is 5.61. The summed E-state index contributed by atoms with van der Waals surface area (Å²) in [5, 5.41) is 13.3. The molecule has 3 heterocycles. The van der Waals surface area contributed by atoms with Crippen molar-refractivity contribution >= 4 is 86.8 Å². The third-order valence-electron chi connectivity index (χ3n) is 12.5. The van der Waals surface area contributed by atoms with Gasteiger partial charge in [-0.1, -0.05) is 176 Å². The predicted octanol–water partition coefficient (Wildman–Crippen LogP) is 14.6. The van der Waals surface area contributed by atoms with Crippen LogP contribution in [-0.2, 0) is 0 Å². The zero-order chi connectivity index (χ0) is 39.3. The lowest BCUT2D eigenvalue weighted by atomic mass is 9.89. The number of nitrogens with zero attached hydrogens (tertiary/aromatic N) is 4. The van der Waals surface area contributed by atoms with Gasteiger partial charge in [-0.25, -0.2) is 9.97 Å². The number of hydrogen-bond acceptors (Lipinski definition) is 2. The maximum atomic E-state index is 5.61. The van der Waals surface area contributed by atoms with Crippen molar-refractivity contribution in [2.75, 3.05) is 0 Å². The normalized spacial score (nSPS) is 12.0. The van der Waals surface area contributed by atoms with Crippen LogP contribution in [-0.4, -0.2) is 19.1 Å². The van der Waals surface area contributed by atoms with Gasteiger partial charge >= 0.3 is 0 Å². The Balaban J connectivity index is 1.26. The Kier molecular flexibility index (Phi) is 6.98. The first-order valence-corrected chi connectivity index (χ1v) is 20.5. The molecule has 0 saturated heterocycles. The molecular formula is C56H34N4. The Morgan fingerprint density at radius 2 is 0.717 bits per heavy atom. The summed E-state index contributed by atoms with van der Waals surface area (Å²) >= 11 is 0. The van der Waals surface area contributed by atoms with Gasteiger partial charge in [0, 0.05) is 49.0 Å². The molecule has 0 atom stereocenters. The smallest absolute Gasteiger partial charge is 0.235 e. The molecule has 0 saturated carbocycles. The molecule has 0 fully saturated rings. The van der Waals surface area contributed by atoms with Crippen LogP contribution in [0.25, 0.3) is 121 Å². The van der Waals surface area contributed by atoms with Gasteiger partial charge in [-0.2, -0.15) is 0 Å². The standard InChI is InChI=1S/C56H34N4/c1-3-17-35(18-4-1)36-31-33-37(34-32-36)53-43-25-11-14-28-46(43)57-56(58-53)60-48-30-16-13-27-45(48)52-50-42-24-10-8-22-40(42)39-21-7-9-23-41(39)49(50)51-44-26-12-15-29-47(44)59(54(51)55(52)60)38-19-5-2-6-20-38/h1-34H. The van der Waals surface area contributed by atoms with Crippen LogP contribution in [0.4, 0.5) is 0 Å². The fourth-order valence-electron chi connectivity index (χ4n) is 9.98. The van der Waals surface area contributed by atoms with E-state index in [0.717, 1.165) is 55.3 Å². The highest BCUT2D eigenvalue weighted by Crippen LogP contribution is 2.50. The second-order valence-corrected chi connectivity index (χ2v) is 15.7. The summed E-state index contributed by atoms with van der Waals surface area (Å²) in [6.07, 6.45) is 0. The molecule has 13 rings (SSSR count). The minimum absolute atomic E-state index is 0.637. The summed E-state index contributed by atoms with van der Waals surface area (Å²) in [6.45, 7) is 0. The third kappa shape index (κ3) is 4.61. The molecule has 0 aliphatic heterocycles. The first-order valence-electron chi connectivity index (χ1n) is 20.5. The molecule has 4 heteroatoms. The third-order valence-corrected chi connectivity index (χ3v) is 12.5. The second-order valence-electron chi connectivity index (χ2n) is 15.7. The predicted molar refractivity (Wildman–Crippen MR) is 252 cm³/mol. The minimum Gasteiger partial charge on any atom is -0.307 e. The SMILES string of the molecule is c1ccc(-c2ccc(-c3nc(-n4c5ccccc5c5c6c7ccccc7c7ccccc7c6c6c7ccccc7n(-c7ccccc7)c6c54)nc4ccccc34)cc2)cc1. The van der Waals surface area contributed by atoms with Crippen molar-refractivity contribution in [3.63, 3.8) is 0 Å². The fourth-order valence-corrected chi connectivity index (χ4v) is 9.98. The summed E-state index contributed by atoms with van der Waals surface area (Å²) in [5.41, 5.74) is 10.7. The summed E-state index contributed by atoms with van der Waals surface area (Å²) in [6, 6.07) is 74.1. The van der Waals surface area contributed by atoms with Crippen LogP contribution >= 0.6 is 0 Å². The summed E-state index contributed by atoms with van der Waals surface area (Å²) in [5.74, 6) is 0.637. The van der Waals surface area contributed by atoms with Crippen LogP contribution in [0.1, 0.15) is 0 Å². The average molecular weight is 763 g/mol. The molecule has 0 unspecified atom stereocenters. The monoisotopic (exact) mass is 762 g/mol. The van der Waals surface area contributed by atoms with E-state index >= 15 is 0 Å². The molecule has 0 radical (unpaired) electrons. The maximum Gasteiger partial charge on any atom is 0.235 e. The van der Waals surface area contributed by atoms with E-state index < -0.39 is 0 Å². The van der Waals surface area contributed by atoms with E-state index in [2.05, 4.69) is 215 Å². The van der Waals surface area contributed by atoms with E-state index in [0.29, 0.717) is 5.95 Å². The van der Waals surface area contributed by atoms with Gasteiger partial charge < -0.3 is 4.57 Å². The molecule has 0 spiro atoms. The van der Waals surface area contributed by atoms with Crippen molar-refractivity contribution in [2.45, 2.75) is 0 Å². The van der Waals surface area contributed by atoms with Gasteiger partial charge in [-0.05, 0) is 63.0 Å².